The van der Waals surface area contributed by atoms with Crippen LogP contribution in [0.3, 0.4) is 0 Å². The van der Waals surface area contributed by atoms with Crippen LogP contribution in [-0.2, 0) is 0 Å². The topological polar surface area (TPSA) is 114 Å². The van der Waals surface area contributed by atoms with Crippen molar-refractivity contribution in [1.29, 1.82) is 0 Å². The lowest BCUT2D eigenvalue weighted by atomic mass is 9.92. The number of hydrogen-bond donors (Lipinski definition) is 4. The van der Waals surface area contributed by atoms with Crippen molar-refractivity contribution >= 4 is 68.9 Å². The molecule has 0 amide bonds. The molecule has 0 saturated heterocycles. The molecule has 0 atom stereocenters. The number of aryl methyl sites for hydroxylation is 2. The van der Waals surface area contributed by atoms with Gasteiger partial charge in [-0.15, -0.1) is 0 Å². The fourth-order valence-corrected chi connectivity index (χ4v) is 12.3. The Morgan fingerprint density at radius 1 is 0.317 bits per heavy atom. The summed E-state index contributed by atoms with van der Waals surface area (Å²) in [7, 11) is 0. The number of aromatic amines is 4. The second-order valence-electron chi connectivity index (χ2n) is 22.5. The molecule has 8 heteroatoms. The van der Waals surface area contributed by atoms with Gasteiger partial charge in [0.2, 0.25) is 0 Å². The second kappa shape index (κ2) is 20.2. The number of aliphatic imine (C=N–C) groups is 2. The van der Waals surface area contributed by atoms with E-state index in [1.165, 1.54) is 44.5 Å². The summed E-state index contributed by atoms with van der Waals surface area (Å²) in [6, 6.07) is 47.9. The zero-order valence-corrected chi connectivity index (χ0v) is 48.8. The van der Waals surface area contributed by atoms with E-state index < -0.39 is 0 Å². The van der Waals surface area contributed by atoms with Crippen molar-refractivity contribution in [3.05, 3.63) is 246 Å². The molecule has 4 aliphatic rings. The molecule has 4 aromatic carbocycles. The molecule has 13 rings (SSSR count). The maximum atomic E-state index is 5.68. The minimum Gasteiger partial charge on any atom is -0.358 e. The highest BCUT2D eigenvalue weighted by Gasteiger charge is 2.27. The van der Waals surface area contributed by atoms with Gasteiger partial charge in [-0.1, -0.05) is 97.1 Å². The van der Waals surface area contributed by atoms with Gasteiger partial charge < -0.3 is 19.9 Å². The lowest BCUT2D eigenvalue weighted by molar-refractivity contribution is 1.20. The minimum absolute atomic E-state index is 0.847. The highest BCUT2D eigenvalue weighted by Crippen LogP contribution is 2.44. The monoisotopic (exact) mass is 1070 g/mol. The van der Waals surface area contributed by atoms with E-state index in [9.17, 15) is 0 Å². The summed E-state index contributed by atoms with van der Waals surface area (Å²) in [6.45, 7) is 26.1. The predicted molar refractivity (Wildman–Crippen MR) is 346 cm³/mol. The van der Waals surface area contributed by atoms with Crippen LogP contribution in [0, 0.1) is 41.5 Å². The Balaban J connectivity index is 1.11. The molecular formula is C74H66N8. The van der Waals surface area contributed by atoms with Crippen LogP contribution in [0.1, 0.15) is 120 Å². The molecule has 0 aliphatic carbocycles. The van der Waals surface area contributed by atoms with E-state index in [0.717, 1.165) is 157 Å². The Bertz CT molecular complexity index is 4360. The molecular weight excluding hydrogens is 1000 g/mol. The van der Waals surface area contributed by atoms with E-state index in [-0.39, 0.29) is 0 Å². The van der Waals surface area contributed by atoms with Crippen molar-refractivity contribution < 1.29 is 0 Å². The van der Waals surface area contributed by atoms with Crippen LogP contribution in [0.25, 0.3) is 102 Å². The van der Waals surface area contributed by atoms with Crippen LogP contribution < -0.4 is 0 Å². The van der Waals surface area contributed by atoms with Crippen LogP contribution >= 0.6 is 0 Å². The van der Waals surface area contributed by atoms with Gasteiger partial charge in [-0.2, -0.15) is 0 Å². The summed E-state index contributed by atoms with van der Waals surface area (Å²) in [5, 5.41) is 0. The first-order valence-corrected chi connectivity index (χ1v) is 28.4. The largest absolute Gasteiger partial charge is 0.358 e. The van der Waals surface area contributed by atoms with Gasteiger partial charge in [0.25, 0.3) is 0 Å². The number of nitrogens with one attached hydrogen (secondary N) is 4. The average molecular weight is 1070 g/mol. The zero-order valence-electron chi connectivity index (χ0n) is 48.8. The number of allylic oxidation sites excluding steroid dienone is 4. The van der Waals surface area contributed by atoms with Gasteiger partial charge in [0.1, 0.15) is 0 Å². The first-order chi connectivity index (χ1) is 39.6. The smallest absolute Gasteiger partial charge is 0.0764 e. The van der Waals surface area contributed by atoms with Crippen LogP contribution in [0.5, 0.6) is 0 Å². The molecule has 0 fully saturated rings. The summed E-state index contributed by atoms with van der Waals surface area (Å²) in [5.74, 6) is 0. The summed E-state index contributed by atoms with van der Waals surface area (Å²) in [6.07, 6.45) is 8.70. The van der Waals surface area contributed by atoms with E-state index in [1.54, 1.807) is 0 Å². The molecule has 9 heterocycles. The normalized spacial score (nSPS) is 15.3. The van der Waals surface area contributed by atoms with Gasteiger partial charge in [-0.3, -0.25) is 9.98 Å². The molecule has 0 unspecified atom stereocenters. The van der Waals surface area contributed by atoms with Crippen molar-refractivity contribution in [2.75, 3.05) is 0 Å². The molecule has 4 aliphatic heterocycles. The van der Waals surface area contributed by atoms with Crippen LogP contribution in [0.4, 0.5) is 0 Å². The van der Waals surface area contributed by atoms with Crippen molar-refractivity contribution in [2.45, 2.75) is 83.1 Å². The van der Waals surface area contributed by atoms with Crippen molar-refractivity contribution in [2.24, 2.45) is 9.98 Å². The molecule has 4 N–H and O–H groups in total. The highest BCUT2D eigenvalue weighted by atomic mass is 14.8. The number of benzene rings is 4. The quantitative estimate of drug-likeness (QED) is 0.121. The number of H-pyrrole nitrogens is 4. The minimum atomic E-state index is 0.847. The van der Waals surface area contributed by atoms with Crippen LogP contribution in [-0.4, -0.2) is 41.3 Å². The third kappa shape index (κ3) is 8.60. The van der Waals surface area contributed by atoms with Gasteiger partial charge >= 0.3 is 0 Å². The molecule has 5 aromatic heterocycles. The molecule has 0 saturated carbocycles. The number of aromatic nitrogens is 6. The fraction of sp³-hybridized carbons (Fsp3) is 0.162. The first kappa shape index (κ1) is 51.8. The predicted octanol–water partition coefficient (Wildman–Crippen LogP) is 19.0. The lowest BCUT2D eigenvalue weighted by Gasteiger charge is -2.14. The highest BCUT2D eigenvalue weighted by molar-refractivity contribution is 6.07. The van der Waals surface area contributed by atoms with E-state index in [2.05, 4.69) is 261 Å². The SMILES string of the molecule is CC1=N/C(=C(/c2cccc(-c3c4nc(c(-c5ccccc5)c5ccc([nH]5)c(-c5cccc(/C(=C6\N=C(C)C(C)=C6C)c6[nH]c(C)c(C)c6C)c5)c5nc(c(-c6ccccc6)c6ccc3[nH]6)C=C5)C=C4)c2)c2[nH]c(C)c(C)c2C)C(C)=C1C. The molecule has 8 nitrogen and oxygen atoms in total. The zero-order chi connectivity index (χ0) is 56.8. The Kier molecular flexibility index (Phi) is 12.7. The average Bonchev–Trinajstić information content (AvgIpc) is 4.09. The number of hydrogen-bond acceptors (Lipinski definition) is 4. The fourth-order valence-electron chi connectivity index (χ4n) is 12.3. The van der Waals surface area contributed by atoms with E-state index >= 15 is 0 Å². The lowest BCUT2D eigenvalue weighted by Crippen LogP contribution is -1.97. The van der Waals surface area contributed by atoms with Gasteiger partial charge in [-0.05, 0) is 222 Å². The summed E-state index contributed by atoms with van der Waals surface area (Å²) >= 11 is 0. The van der Waals surface area contributed by atoms with Crippen LogP contribution in [0.2, 0.25) is 0 Å². The standard InChI is InChI=1S/C74H66N8/c1-39-43(5)71(75-47(39)9)69(72-44(6)40(2)48(10)76-72)55-27-19-25-53(37-55)67-61-33-29-57(79-61)65(51-21-15-13-16-22-51)59-31-35-63(81-59)68(64-36-32-60(82-64)66(52-23-17-14-18-24-52)58-30-34-62(67)80-58)54-26-20-28-56(38-54)70(73-45(7)41(3)49(11)77-73)74-46(8)42(4)50(12)78-74/h13-38,75,77,79,82H,1-12H3/b65-57?,65-59?,66-58?,66-60?,67-61?,67-62?,68-63?,68-64?,72-69-,74-70+. The second-order valence-corrected chi connectivity index (χ2v) is 22.5. The number of fused-ring (bicyclic) bond motifs is 8. The maximum Gasteiger partial charge on any atom is 0.0764 e. The molecule has 9 aromatic rings. The van der Waals surface area contributed by atoms with Gasteiger partial charge in [0.05, 0.1) is 45.6 Å². The first-order valence-electron chi connectivity index (χ1n) is 28.4. The molecule has 8 bridgehead atoms. The van der Waals surface area contributed by atoms with Gasteiger partial charge in [0, 0.05) is 78.3 Å². The molecule has 82 heavy (non-hydrogen) atoms. The van der Waals surface area contributed by atoms with Crippen molar-refractivity contribution in [1.82, 2.24) is 29.9 Å². The number of rotatable bonds is 8. The van der Waals surface area contributed by atoms with E-state index in [1.807, 2.05) is 0 Å². The van der Waals surface area contributed by atoms with Gasteiger partial charge in [0.15, 0.2) is 0 Å². The third-order valence-electron chi connectivity index (χ3n) is 17.8. The third-order valence-corrected chi connectivity index (χ3v) is 17.8. The van der Waals surface area contributed by atoms with E-state index in [0.29, 0.717) is 0 Å². The molecule has 0 radical (unpaired) electrons. The Morgan fingerprint density at radius 3 is 0.951 bits per heavy atom. The Morgan fingerprint density at radius 2 is 0.646 bits per heavy atom. The van der Waals surface area contributed by atoms with Crippen LogP contribution in [0.15, 0.2) is 177 Å². The summed E-state index contributed by atoms with van der Waals surface area (Å²) in [4.78, 5) is 37.4. The summed E-state index contributed by atoms with van der Waals surface area (Å²) < 4.78 is 0. The number of nitrogens with zero attached hydrogens (tertiary/aromatic N) is 4. The van der Waals surface area contributed by atoms with Gasteiger partial charge in [-0.25, -0.2) is 9.97 Å². The van der Waals surface area contributed by atoms with Crippen molar-refractivity contribution in [3.8, 4) is 44.5 Å². The Hall–Kier alpha value is -9.66. The van der Waals surface area contributed by atoms with E-state index in [4.69, 9.17) is 20.0 Å². The maximum absolute atomic E-state index is 5.68. The van der Waals surface area contributed by atoms with Crippen molar-refractivity contribution in [3.63, 3.8) is 0 Å². The Labute approximate surface area is 480 Å². The summed E-state index contributed by atoms with van der Waals surface area (Å²) in [5.41, 5.74) is 37.9. The molecule has 402 valence electrons. The molecule has 0 spiro atoms.